The number of nitrogens with zero attached hydrogens (tertiary/aromatic N) is 2. The number of nitro groups is 2. The SMILES string of the molecule is Cc1ccc(NC(=O)/C=C/c2ccc([N+](=O)[O-])cc2)c([N+](=O)[O-])c1. The standard InChI is InChI=1S/C16H13N3O5/c1-11-2-8-14(15(10-11)19(23)24)17-16(20)9-5-12-3-6-13(7-4-12)18(21)22/h2-10H,1H3,(H,17,20)/b9-5+. The number of rotatable bonds is 5. The monoisotopic (exact) mass is 327 g/mol. The van der Waals surface area contributed by atoms with E-state index in [2.05, 4.69) is 5.32 Å². The lowest BCUT2D eigenvalue weighted by Gasteiger charge is -2.04. The molecular formula is C16H13N3O5. The van der Waals surface area contributed by atoms with Crippen LogP contribution >= 0.6 is 0 Å². The van der Waals surface area contributed by atoms with Gasteiger partial charge in [0.1, 0.15) is 5.69 Å². The lowest BCUT2D eigenvalue weighted by atomic mass is 10.2. The quantitative estimate of drug-likeness (QED) is 0.513. The second-order valence-electron chi connectivity index (χ2n) is 4.95. The molecule has 0 atom stereocenters. The van der Waals surface area contributed by atoms with Gasteiger partial charge in [0.2, 0.25) is 5.91 Å². The van der Waals surface area contributed by atoms with Gasteiger partial charge in [-0.1, -0.05) is 6.07 Å². The highest BCUT2D eigenvalue weighted by atomic mass is 16.6. The van der Waals surface area contributed by atoms with Gasteiger partial charge in [0, 0.05) is 24.3 Å². The first-order valence-corrected chi connectivity index (χ1v) is 6.85. The van der Waals surface area contributed by atoms with Crippen molar-refractivity contribution in [2.24, 2.45) is 0 Å². The molecule has 0 aliphatic rings. The van der Waals surface area contributed by atoms with Crippen molar-refractivity contribution in [3.8, 4) is 0 Å². The van der Waals surface area contributed by atoms with Gasteiger partial charge in [-0.05, 0) is 42.3 Å². The van der Waals surface area contributed by atoms with E-state index in [1.807, 2.05) is 0 Å². The molecule has 0 unspecified atom stereocenters. The summed E-state index contributed by atoms with van der Waals surface area (Å²) in [4.78, 5) is 32.4. The molecule has 0 spiro atoms. The van der Waals surface area contributed by atoms with Gasteiger partial charge in [-0.2, -0.15) is 0 Å². The number of amides is 1. The molecule has 1 amide bonds. The largest absolute Gasteiger partial charge is 0.317 e. The number of benzene rings is 2. The summed E-state index contributed by atoms with van der Waals surface area (Å²) in [5.41, 5.74) is 1.16. The number of carbonyl (C=O) groups is 1. The normalized spacial score (nSPS) is 10.5. The van der Waals surface area contributed by atoms with Crippen LogP contribution in [-0.2, 0) is 4.79 Å². The summed E-state index contributed by atoms with van der Waals surface area (Å²) in [6, 6.07) is 10.1. The first-order chi connectivity index (χ1) is 11.4. The number of aryl methyl sites for hydroxylation is 1. The highest BCUT2D eigenvalue weighted by Gasteiger charge is 2.14. The summed E-state index contributed by atoms with van der Waals surface area (Å²) in [6.07, 6.45) is 2.66. The minimum absolute atomic E-state index is 0.0492. The fourth-order valence-corrected chi connectivity index (χ4v) is 1.95. The average Bonchev–Trinajstić information content (AvgIpc) is 2.54. The molecule has 1 N–H and O–H groups in total. The van der Waals surface area contributed by atoms with Crippen molar-refractivity contribution in [1.29, 1.82) is 0 Å². The van der Waals surface area contributed by atoms with Gasteiger partial charge in [-0.15, -0.1) is 0 Å². The fourth-order valence-electron chi connectivity index (χ4n) is 1.95. The van der Waals surface area contributed by atoms with Crippen molar-refractivity contribution >= 4 is 29.0 Å². The highest BCUT2D eigenvalue weighted by Crippen LogP contribution is 2.25. The maximum Gasteiger partial charge on any atom is 0.293 e. The summed E-state index contributed by atoms with van der Waals surface area (Å²) in [6.45, 7) is 1.72. The molecule has 0 aromatic heterocycles. The Hall–Kier alpha value is -3.55. The molecule has 0 heterocycles. The van der Waals surface area contributed by atoms with E-state index in [1.165, 1.54) is 48.6 Å². The van der Waals surface area contributed by atoms with Crippen LogP contribution in [0.25, 0.3) is 6.08 Å². The van der Waals surface area contributed by atoms with Crippen molar-refractivity contribution < 1.29 is 14.6 Å². The van der Waals surface area contributed by atoms with Crippen LogP contribution in [0.3, 0.4) is 0 Å². The number of carbonyl (C=O) groups excluding carboxylic acids is 1. The first-order valence-electron chi connectivity index (χ1n) is 6.85. The average molecular weight is 327 g/mol. The third-order valence-electron chi connectivity index (χ3n) is 3.14. The number of nitro benzene ring substituents is 2. The lowest BCUT2D eigenvalue weighted by Crippen LogP contribution is -2.09. The number of hydrogen-bond donors (Lipinski definition) is 1. The summed E-state index contributed by atoms with van der Waals surface area (Å²) in [5, 5.41) is 24.0. The van der Waals surface area contributed by atoms with Gasteiger partial charge >= 0.3 is 0 Å². The number of nitrogens with one attached hydrogen (secondary N) is 1. The topological polar surface area (TPSA) is 115 Å². The van der Waals surface area contributed by atoms with E-state index in [-0.39, 0.29) is 17.1 Å². The van der Waals surface area contributed by atoms with Crippen molar-refractivity contribution in [1.82, 2.24) is 0 Å². The van der Waals surface area contributed by atoms with E-state index in [9.17, 15) is 25.0 Å². The second kappa shape index (κ2) is 7.14. The lowest BCUT2D eigenvalue weighted by molar-refractivity contribution is -0.384. The Morgan fingerprint density at radius 2 is 1.71 bits per heavy atom. The predicted octanol–water partition coefficient (Wildman–Crippen LogP) is 3.46. The maximum atomic E-state index is 11.9. The fraction of sp³-hybridized carbons (Fsp3) is 0.0625. The summed E-state index contributed by atoms with van der Waals surface area (Å²) >= 11 is 0. The zero-order valence-electron chi connectivity index (χ0n) is 12.6. The summed E-state index contributed by atoms with van der Waals surface area (Å²) in [5.74, 6) is -0.541. The molecule has 2 rings (SSSR count). The van der Waals surface area contributed by atoms with Crippen molar-refractivity contribution in [2.45, 2.75) is 6.92 Å². The summed E-state index contributed by atoms with van der Waals surface area (Å²) < 4.78 is 0. The Labute approximate surface area is 136 Å². The second-order valence-corrected chi connectivity index (χ2v) is 4.95. The van der Waals surface area contributed by atoms with Gasteiger partial charge in [0.05, 0.1) is 9.85 Å². The van der Waals surface area contributed by atoms with E-state index in [4.69, 9.17) is 0 Å². The van der Waals surface area contributed by atoms with E-state index in [0.717, 1.165) is 0 Å². The Balaban J connectivity index is 2.10. The molecule has 0 saturated carbocycles. The Morgan fingerprint density at radius 3 is 2.29 bits per heavy atom. The minimum Gasteiger partial charge on any atom is -0.317 e. The van der Waals surface area contributed by atoms with Crippen molar-refractivity contribution in [2.75, 3.05) is 5.32 Å². The van der Waals surface area contributed by atoms with Crippen LogP contribution in [0.15, 0.2) is 48.5 Å². The summed E-state index contributed by atoms with van der Waals surface area (Å²) in [7, 11) is 0. The van der Waals surface area contributed by atoms with E-state index in [0.29, 0.717) is 11.1 Å². The molecule has 0 radical (unpaired) electrons. The molecule has 0 aliphatic carbocycles. The van der Waals surface area contributed by atoms with Gasteiger partial charge in [-0.3, -0.25) is 25.0 Å². The molecular weight excluding hydrogens is 314 g/mol. The van der Waals surface area contributed by atoms with E-state index in [1.54, 1.807) is 13.0 Å². The van der Waals surface area contributed by atoms with E-state index >= 15 is 0 Å². The minimum atomic E-state index is -0.567. The Bertz CT molecular complexity index is 828. The molecule has 8 heteroatoms. The molecule has 24 heavy (non-hydrogen) atoms. The first kappa shape index (κ1) is 16.8. The van der Waals surface area contributed by atoms with Crippen LogP contribution in [0.4, 0.5) is 17.1 Å². The van der Waals surface area contributed by atoms with Crippen LogP contribution in [0.1, 0.15) is 11.1 Å². The molecule has 0 bridgehead atoms. The van der Waals surface area contributed by atoms with Crippen LogP contribution in [0.2, 0.25) is 0 Å². The predicted molar refractivity (Wildman–Crippen MR) is 88.6 cm³/mol. The zero-order chi connectivity index (χ0) is 17.7. The molecule has 0 aliphatic heterocycles. The van der Waals surface area contributed by atoms with E-state index < -0.39 is 15.8 Å². The number of anilines is 1. The third-order valence-corrected chi connectivity index (χ3v) is 3.14. The van der Waals surface area contributed by atoms with Crippen LogP contribution in [0, 0.1) is 27.2 Å². The Morgan fingerprint density at radius 1 is 1.04 bits per heavy atom. The molecule has 122 valence electrons. The van der Waals surface area contributed by atoms with Crippen molar-refractivity contribution in [3.63, 3.8) is 0 Å². The van der Waals surface area contributed by atoms with Gasteiger partial charge in [0.15, 0.2) is 0 Å². The highest BCUT2D eigenvalue weighted by molar-refractivity contribution is 6.03. The van der Waals surface area contributed by atoms with Gasteiger partial charge in [0.25, 0.3) is 11.4 Å². The molecule has 2 aromatic carbocycles. The third kappa shape index (κ3) is 4.23. The van der Waals surface area contributed by atoms with Crippen molar-refractivity contribution in [3.05, 3.63) is 79.9 Å². The number of non-ortho nitro benzene ring substituents is 1. The number of hydrogen-bond acceptors (Lipinski definition) is 5. The smallest absolute Gasteiger partial charge is 0.293 e. The van der Waals surface area contributed by atoms with Gasteiger partial charge in [-0.25, -0.2) is 0 Å². The molecule has 0 saturated heterocycles. The molecule has 8 nitrogen and oxygen atoms in total. The molecule has 2 aromatic rings. The van der Waals surface area contributed by atoms with Crippen LogP contribution in [-0.4, -0.2) is 15.8 Å². The Kier molecular flexibility index (Phi) is 5.00. The zero-order valence-corrected chi connectivity index (χ0v) is 12.6. The van der Waals surface area contributed by atoms with Crippen LogP contribution in [0.5, 0.6) is 0 Å². The molecule has 0 fully saturated rings. The van der Waals surface area contributed by atoms with Gasteiger partial charge < -0.3 is 5.32 Å². The maximum absolute atomic E-state index is 11.9. The van der Waals surface area contributed by atoms with Crippen LogP contribution < -0.4 is 5.32 Å².